The van der Waals surface area contributed by atoms with Crippen molar-refractivity contribution in [2.24, 2.45) is 0 Å². The van der Waals surface area contributed by atoms with Gasteiger partial charge >= 0.3 is 0 Å². The molecule has 3 aromatic rings. The van der Waals surface area contributed by atoms with Gasteiger partial charge in [-0.1, -0.05) is 42.5 Å². The molecule has 0 aliphatic carbocycles. The number of benzene rings is 2. The monoisotopic (exact) mass is 377 g/mol. The standard InChI is InChI=1S/C22H27N5O/c1-4-28-20-13-9-8-12-18(20)24-21-16-19(17-10-6-5-7-11-17)25-22(26-21)23-14-15-27(2)3/h5-13,16H,4,14-15H2,1-3H3,(H2,23,24,25,26). The van der Waals surface area contributed by atoms with Crippen LogP contribution < -0.4 is 15.4 Å². The molecular weight excluding hydrogens is 350 g/mol. The zero-order chi connectivity index (χ0) is 19.8. The van der Waals surface area contributed by atoms with Crippen LogP contribution in [0.4, 0.5) is 17.5 Å². The number of likely N-dealkylation sites (N-methyl/N-ethyl adjacent to an activating group) is 1. The van der Waals surface area contributed by atoms with Crippen molar-refractivity contribution in [2.75, 3.05) is 44.4 Å². The van der Waals surface area contributed by atoms with Gasteiger partial charge < -0.3 is 20.3 Å². The Morgan fingerprint density at radius 1 is 0.964 bits per heavy atom. The van der Waals surface area contributed by atoms with Crippen molar-refractivity contribution in [3.8, 4) is 17.0 Å². The predicted octanol–water partition coefficient (Wildman–Crippen LogP) is 4.26. The number of hydrogen-bond acceptors (Lipinski definition) is 6. The highest BCUT2D eigenvalue weighted by molar-refractivity contribution is 5.69. The number of ether oxygens (including phenoxy) is 1. The van der Waals surface area contributed by atoms with E-state index in [-0.39, 0.29) is 0 Å². The molecule has 0 amide bonds. The van der Waals surface area contributed by atoms with Crippen LogP contribution in [0.5, 0.6) is 5.75 Å². The molecule has 0 fully saturated rings. The van der Waals surface area contributed by atoms with Gasteiger partial charge in [0.2, 0.25) is 5.95 Å². The molecule has 0 saturated heterocycles. The largest absolute Gasteiger partial charge is 0.492 e. The summed E-state index contributed by atoms with van der Waals surface area (Å²) in [7, 11) is 4.08. The van der Waals surface area contributed by atoms with Crippen molar-refractivity contribution >= 4 is 17.5 Å². The third-order valence-corrected chi connectivity index (χ3v) is 4.09. The van der Waals surface area contributed by atoms with E-state index in [1.807, 2.05) is 81.7 Å². The summed E-state index contributed by atoms with van der Waals surface area (Å²) in [6.45, 7) is 4.24. The van der Waals surface area contributed by atoms with E-state index in [1.165, 1.54) is 0 Å². The fraction of sp³-hybridized carbons (Fsp3) is 0.273. The van der Waals surface area contributed by atoms with E-state index >= 15 is 0 Å². The van der Waals surface area contributed by atoms with Gasteiger partial charge in [-0.15, -0.1) is 0 Å². The van der Waals surface area contributed by atoms with E-state index in [1.54, 1.807) is 0 Å². The lowest BCUT2D eigenvalue weighted by molar-refractivity contribution is 0.342. The lowest BCUT2D eigenvalue weighted by atomic mass is 10.1. The van der Waals surface area contributed by atoms with Gasteiger partial charge in [0.25, 0.3) is 0 Å². The van der Waals surface area contributed by atoms with Gasteiger partial charge in [0, 0.05) is 24.7 Å². The summed E-state index contributed by atoms with van der Waals surface area (Å²) in [5, 5.41) is 6.70. The number of nitrogens with zero attached hydrogens (tertiary/aromatic N) is 3. The third-order valence-electron chi connectivity index (χ3n) is 4.09. The predicted molar refractivity (Wildman–Crippen MR) is 115 cm³/mol. The fourth-order valence-electron chi connectivity index (χ4n) is 2.73. The maximum Gasteiger partial charge on any atom is 0.225 e. The molecule has 1 aromatic heterocycles. The third kappa shape index (κ3) is 5.44. The van der Waals surface area contributed by atoms with Crippen LogP contribution in [0.25, 0.3) is 11.3 Å². The van der Waals surface area contributed by atoms with Crippen molar-refractivity contribution in [3.05, 3.63) is 60.7 Å². The van der Waals surface area contributed by atoms with Crippen molar-refractivity contribution in [3.63, 3.8) is 0 Å². The van der Waals surface area contributed by atoms with Crippen LogP contribution in [0.1, 0.15) is 6.92 Å². The summed E-state index contributed by atoms with van der Waals surface area (Å²) in [6.07, 6.45) is 0. The van der Waals surface area contributed by atoms with Gasteiger partial charge in [0.15, 0.2) is 0 Å². The zero-order valence-electron chi connectivity index (χ0n) is 16.6. The molecule has 6 heteroatoms. The highest BCUT2D eigenvalue weighted by atomic mass is 16.5. The first-order valence-corrected chi connectivity index (χ1v) is 9.47. The average Bonchev–Trinajstić information content (AvgIpc) is 2.70. The molecule has 28 heavy (non-hydrogen) atoms. The van der Waals surface area contributed by atoms with E-state index in [9.17, 15) is 0 Å². The van der Waals surface area contributed by atoms with Gasteiger partial charge in [-0.25, -0.2) is 4.98 Å². The molecule has 3 rings (SSSR count). The maximum atomic E-state index is 5.72. The first-order valence-electron chi connectivity index (χ1n) is 9.47. The van der Waals surface area contributed by atoms with E-state index in [0.717, 1.165) is 35.8 Å². The first-order chi connectivity index (χ1) is 13.7. The first kappa shape index (κ1) is 19.6. The second kappa shape index (κ2) is 9.71. The normalized spacial score (nSPS) is 10.7. The molecule has 0 aliphatic heterocycles. The van der Waals surface area contributed by atoms with Crippen LogP contribution in [-0.4, -0.2) is 48.7 Å². The molecule has 0 saturated carbocycles. The second-order valence-corrected chi connectivity index (χ2v) is 6.61. The van der Waals surface area contributed by atoms with Crippen LogP contribution in [0.3, 0.4) is 0 Å². The number of hydrogen-bond donors (Lipinski definition) is 2. The minimum Gasteiger partial charge on any atom is -0.492 e. The summed E-state index contributed by atoms with van der Waals surface area (Å²) in [6, 6.07) is 19.9. The number of anilines is 3. The molecule has 0 unspecified atom stereocenters. The lowest BCUT2D eigenvalue weighted by Crippen LogP contribution is -2.21. The topological polar surface area (TPSA) is 62.3 Å². The van der Waals surface area contributed by atoms with Crippen molar-refractivity contribution in [2.45, 2.75) is 6.92 Å². The number of nitrogens with one attached hydrogen (secondary N) is 2. The minimum atomic E-state index is 0.597. The van der Waals surface area contributed by atoms with Gasteiger partial charge in [-0.2, -0.15) is 4.98 Å². The number of aromatic nitrogens is 2. The summed E-state index contributed by atoms with van der Waals surface area (Å²) < 4.78 is 5.72. The molecule has 0 bridgehead atoms. The molecule has 1 heterocycles. The summed E-state index contributed by atoms with van der Waals surface area (Å²) in [4.78, 5) is 11.5. The molecule has 0 spiro atoms. The number of rotatable bonds is 9. The molecule has 0 atom stereocenters. The molecule has 146 valence electrons. The van der Waals surface area contributed by atoms with Gasteiger partial charge in [-0.3, -0.25) is 0 Å². The SMILES string of the molecule is CCOc1ccccc1Nc1cc(-c2ccccc2)nc(NCCN(C)C)n1. The quantitative estimate of drug-likeness (QED) is 0.581. The highest BCUT2D eigenvalue weighted by Crippen LogP contribution is 2.29. The maximum absolute atomic E-state index is 5.72. The van der Waals surface area contributed by atoms with E-state index < -0.39 is 0 Å². The zero-order valence-corrected chi connectivity index (χ0v) is 16.6. The summed E-state index contributed by atoms with van der Waals surface area (Å²) in [5.74, 6) is 2.11. The van der Waals surface area contributed by atoms with Crippen molar-refractivity contribution < 1.29 is 4.74 Å². The fourth-order valence-corrected chi connectivity index (χ4v) is 2.73. The Morgan fingerprint density at radius 3 is 2.46 bits per heavy atom. The summed E-state index contributed by atoms with van der Waals surface area (Å²) >= 11 is 0. The van der Waals surface area contributed by atoms with Crippen LogP contribution in [0.2, 0.25) is 0 Å². The van der Waals surface area contributed by atoms with Gasteiger partial charge in [0.1, 0.15) is 11.6 Å². The van der Waals surface area contributed by atoms with Crippen molar-refractivity contribution in [1.82, 2.24) is 14.9 Å². The minimum absolute atomic E-state index is 0.597. The number of para-hydroxylation sites is 2. The molecule has 0 aliphatic rings. The highest BCUT2D eigenvalue weighted by Gasteiger charge is 2.09. The molecule has 2 N–H and O–H groups in total. The van der Waals surface area contributed by atoms with E-state index in [0.29, 0.717) is 18.4 Å². The van der Waals surface area contributed by atoms with Crippen LogP contribution in [0.15, 0.2) is 60.7 Å². The smallest absolute Gasteiger partial charge is 0.225 e. The van der Waals surface area contributed by atoms with E-state index in [2.05, 4.69) is 25.5 Å². The Bertz CT molecular complexity index is 883. The lowest BCUT2D eigenvalue weighted by Gasteiger charge is -2.15. The van der Waals surface area contributed by atoms with Crippen LogP contribution in [0, 0.1) is 0 Å². The molecular formula is C22H27N5O. The Balaban J connectivity index is 1.91. The van der Waals surface area contributed by atoms with Gasteiger partial charge in [-0.05, 0) is 33.2 Å². The molecule has 6 nitrogen and oxygen atoms in total. The van der Waals surface area contributed by atoms with Crippen LogP contribution >= 0.6 is 0 Å². The molecule has 2 aromatic carbocycles. The Kier molecular flexibility index (Phi) is 6.81. The van der Waals surface area contributed by atoms with Crippen molar-refractivity contribution in [1.29, 1.82) is 0 Å². The van der Waals surface area contributed by atoms with Crippen LogP contribution in [-0.2, 0) is 0 Å². The summed E-state index contributed by atoms with van der Waals surface area (Å²) in [5.41, 5.74) is 2.78. The Morgan fingerprint density at radius 2 is 1.71 bits per heavy atom. The van der Waals surface area contributed by atoms with E-state index in [4.69, 9.17) is 4.74 Å². The average molecular weight is 377 g/mol. The Labute approximate surface area is 166 Å². The molecule has 0 radical (unpaired) electrons. The van der Waals surface area contributed by atoms with Gasteiger partial charge in [0.05, 0.1) is 18.0 Å². The second-order valence-electron chi connectivity index (χ2n) is 6.61. The Hall–Kier alpha value is -3.12.